The second-order valence-corrected chi connectivity index (χ2v) is 9.05. The van der Waals surface area contributed by atoms with E-state index < -0.39 is 39.5 Å². The lowest BCUT2D eigenvalue weighted by atomic mass is 10.1. The van der Waals surface area contributed by atoms with Gasteiger partial charge in [0.05, 0.1) is 5.69 Å². The third kappa shape index (κ3) is 3.64. The number of hydrogen-bond acceptors (Lipinski definition) is 6. The van der Waals surface area contributed by atoms with Crippen LogP contribution in [0, 0.1) is 24.4 Å². The molecule has 0 spiro atoms. The van der Waals surface area contributed by atoms with Crippen LogP contribution in [0.25, 0.3) is 0 Å². The van der Waals surface area contributed by atoms with Crippen LogP contribution in [0.3, 0.4) is 0 Å². The summed E-state index contributed by atoms with van der Waals surface area (Å²) < 4.78 is 67.8. The summed E-state index contributed by atoms with van der Waals surface area (Å²) >= 11 is 1.27. The molecule has 1 atom stereocenters. The third-order valence-corrected chi connectivity index (χ3v) is 6.64. The molecule has 0 fully saturated rings. The number of benzene rings is 2. The molecule has 3 N–H and O–H groups in total. The van der Waals surface area contributed by atoms with Crippen LogP contribution in [0.15, 0.2) is 40.7 Å². The number of aromatic nitrogens is 1. The Morgan fingerprint density at radius 3 is 2.50 bits per heavy atom. The van der Waals surface area contributed by atoms with Crippen LogP contribution < -0.4 is 15.4 Å². The van der Waals surface area contributed by atoms with Gasteiger partial charge in [-0.1, -0.05) is 0 Å². The Bertz CT molecular complexity index is 1240. The highest BCUT2D eigenvalue weighted by Gasteiger charge is 2.33. The Morgan fingerprint density at radius 2 is 1.87 bits per heavy atom. The predicted molar refractivity (Wildman–Crippen MR) is 104 cm³/mol. The first-order valence-electron chi connectivity index (χ1n) is 8.44. The molecule has 4 rings (SSSR count). The van der Waals surface area contributed by atoms with Crippen LogP contribution in [0.2, 0.25) is 0 Å². The van der Waals surface area contributed by atoms with E-state index >= 15 is 0 Å². The number of anilines is 2. The summed E-state index contributed by atoms with van der Waals surface area (Å²) in [7, 11) is -3.98. The zero-order valence-corrected chi connectivity index (χ0v) is 16.8. The van der Waals surface area contributed by atoms with E-state index in [1.165, 1.54) is 17.4 Å². The summed E-state index contributed by atoms with van der Waals surface area (Å²) in [5, 5.41) is 7.51. The molecule has 1 aliphatic rings. The Labute approximate surface area is 173 Å². The number of hydrogen-bond donors (Lipinski definition) is 3. The van der Waals surface area contributed by atoms with Gasteiger partial charge >= 0.3 is 0 Å². The quantitative estimate of drug-likeness (QED) is 0.526. The highest BCUT2D eigenvalue weighted by Crippen LogP contribution is 2.35. The van der Waals surface area contributed by atoms with Gasteiger partial charge in [0.1, 0.15) is 16.1 Å². The van der Waals surface area contributed by atoms with Crippen LogP contribution in [-0.4, -0.2) is 19.3 Å². The Morgan fingerprint density at radius 1 is 1.17 bits per heavy atom. The highest BCUT2D eigenvalue weighted by molar-refractivity contribution is 7.89. The maximum Gasteiger partial charge on any atom is 0.255 e. The van der Waals surface area contributed by atoms with E-state index in [1.807, 2.05) is 0 Å². The molecule has 12 heteroatoms. The van der Waals surface area contributed by atoms with Crippen molar-refractivity contribution in [2.45, 2.75) is 18.0 Å². The van der Waals surface area contributed by atoms with Crippen molar-refractivity contribution in [1.29, 1.82) is 0 Å². The van der Waals surface area contributed by atoms with Crippen molar-refractivity contribution in [3.8, 4) is 0 Å². The summed E-state index contributed by atoms with van der Waals surface area (Å²) in [5.74, 6) is -5.40. The number of rotatable bonds is 3. The number of sulfonamides is 1. The van der Waals surface area contributed by atoms with Crippen molar-refractivity contribution in [3.63, 3.8) is 0 Å². The van der Waals surface area contributed by atoms with Crippen LogP contribution in [0.5, 0.6) is 0 Å². The maximum atomic E-state index is 13.4. The largest absolute Gasteiger partial charge is 0.362 e. The first-order chi connectivity index (χ1) is 14.2. The smallest absolute Gasteiger partial charge is 0.255 e. The molecule has 156 valence electrons. The van der Waals surface area contributed by atoms with Crippen molar-refractivity contribution in [3.05, 3.63) is 69.4 Å². The molecule has 30 heavy (non-hydrogen) atoms. The number of aryl methyl sites for hydroxylation is 1. The van der Waals surface area contributed by atoms with Gasteiger partial charge in [0.15, 0.2) is 17.5 Å². The van der Waals surface area contributed by atoms with Crippen molar-refractivity contribution in [2.75, 3.05) is 10.6 Å². The molecule has 0 radical (unpaired) electrons. The number of fused-ring (bicyclic) bond motifs is 1. The van der Waals surface area contributed by atoms with Gasteiger partial charge in [-0.25, -0.2) is 26.6 Å². The number of carbonyl (C=O) groups excluding carboxylic acids is 1. The topological polar surface area (TPSA) is 100 Å². The molecule has 2 heterocycles. The second kappa shape index (κ2) is 7.38. The Balaban J connectivity index is 1.68. The van der Waals surface area contributed by atoms with Crippen molar-refractivity contribution >= 4 is 38.6 Å². The van der Waals surface area contributed by atoms with E-state index in [1.54, 1.807) is 18.5 Å². The summed E-state index contributed by atoms with van der Waals surface area (Å²) in [6.07, 6.45) is 0.790. The van der Waals surface area contributed by atoms with Gasteiger partial charge in [-0.2, -0.15) is 4.72 Å². The number of nitrogens with one attached hydrogen (secondary N) is 3. The fraction of sp³-hybridized carbons (Fsp3) is 0.111. The molecule has 0 bridgehead atoms. The van der Waals surface area contributed by atoms with Gasteiger partial charge in [0.25, 0.3) is 5.91 Å². The number of thiazole rings is 1. The molecule has 3 aromatic rings. The standard InChI is InChI=1S/C18H13F3N4O3S2/c1-8-4-9(17(26)23-10-6-11(19)14(21)12(20)7-10)5-13-15(8)24-16(25-30(13,27)28)18-22-2-3-29-18/h2-7,16,24-25H,1H3,(H,23,26). The van der Waals surface area contributed by atoms with Crippen LogP contribution in [0.4, 0.5) is 24.5 Å². The number of amides is 1. The molecule has 7 nitrogen and oxygen atoms in total. The van der Waals surface area contributed by atoms with Gasteiger partial charge in [0.2, 0.25) is 10.0 Å². The lowest BCUT2D eigenvalue weighted by Crippen LogP contribution is -2.38. The zero-order valence-electron chi connectivity index (χ0n) is 15.2. The molecule has 0 aliphatic carbocycles. The van der Waals surface area contributed by atoms with Crippen molar-refractivity contribution in [1.82, 2.24) is 9.71 Å². The third-order valence-electron chi connectivity index (χ3n) is 4.35. The molecule has 1 amide bonds. The number of carbonyl (C=O) groups is 1. The fourth-order valence-electron chi connectivity index (χ4n) is 3.00. The van der Waals surface area contributed by atoms with E-state index in [0.29, 0.717) is 28.4 Å². The highest BCUT2D eigenvalue weighted by atomic mass is 32.2. The van der Waals surface area contributed by atoms with Gasteiger partial charge in [-0.15, -0.1) is 11.3 Å². The Kier molecular flexibility index (Phi) is 5.00. The SMILES string of the molecule is Cc1cc(C(=O)Nc2cc(F)c(F)c(F)c2)cc2c1NC(c1nccs1)NS2(=O)=O. The normalized spacial score (nSPS) is 17.1. The lowest BCUT2D eigenvalue weighted by molar-refractivity contribution is 0.102. The van der Waals surface area contributed by atoms with Gasteiger partial charge < -0.3 is 10.6 Å². The summed E-state index contributed by atoms with van der Waals surface area (Å²) in [6.45, 7) is 1.61. The van der Waals surface area contributed by atoms with E-state index in [9.17, 15) is 26.4 Å². The molecule has 1 aromatic heterocycles. The molecule has 0 saturated heterocycles. The molecule has 2 aromatic carbocycles. The van der Waals surface area contributed by atoms with E-state index in [-0.39, 0.29) is 16.1 Å². The molecule has 1 aliphatic heterocycles. The molecular weight excluding hydrogens is 441 g/mol. The van der Waals surface area contributed by atoms with Crippen LogP contribution in [0.1, 0.15) is 27.1 Å². The van der Waals surface area contributed by atoms with Crippen LogP contribution in [-0.2, 0) is 10.0 Å². The van der Waals surface area contributed by atoms with E-state index in [0.717, 1.165) is 6.07 Å². The average molecular weight is 454 g/mol. The van der Waals surface area contributed by atoms with Gasteiger partial charge in [0, 0.05) is 35.0 Å². The summed E-state index contributed by atoms with van der Waals surface area (Å²) in [5.41, 5.74) is 0.399. The first kappa shape index (κ1) is 20.3. The van der Waals surface area contributed by atoms with Gasteiger partial charge in [-0.3, -0.25) is 4.79 Å². The van der Waals surface area contributed by atoms with Crippen LogP contribution >= 0.6 is 11.3 Å². The first-order valence-corrected chi connectivity index (χ1v) is 10.8. The van der Waals surface area contributed by atoms with E-state index in [4.69, 9.17) is 0 Å². The maximum absolute atomic E-state index is 13.4. The molecule has 1 unspecified atom stereocenters. The molecular formula is C18H13F3N4O3S2. The minimum absolute atomic E-state index is 0.0590. The Hall–Kier alpha value is -2.96. The molecule has 0 saturated carbocycles. The van der Waals surface area contributed by atoms with E-state index in [2.05, 4.69) is 20.3 Å². The average Bonchev–Trinajstić information content (AvgIpc) is 3.21. The zero-order chi connectivity index (χ0) is 21.6. The number of halogens is 3. The lowest BCUT2D eigenvalue weighted by Gasteiger charge is -2.28. The van der Waals surface area contributed by atoms with Crippen molar-refractivity contribution < 1.29 is 26.4 Å². The van der Waals surface area contributed by atoms with Gasteiger partial charge in [-0.05, 0) is 24.6 Å². The monoisotopic (exact) mass is 454 g/mol. The second-order valence-electron chi connectivity index (χ2n) is 6.44. The minimum atomic E-state index is -3.98. The summed E-state index contributed by atoms with van der Waals surface area (Å²) in [4.78, 5) is 16.5. The summed E-state index contributed by atoms with van der Waals surface area (Å²) in [6, 6.07) is 3.82. The minimum Gasteiger partial charge on any atom is -0.362 e. The predicted octanol–water partition coefficient (Wildman–Crippen LogP) is 3.52. The van der Waals surface area contributed by atoms with Crippen molar-refractivity contribution in [2.24, 2.45) is 0 Å². The number of nitrogens with zero attached hydrogens (tertiary/aromatic N) is 1. The fourth-order valence-corrected chi connectivity index (χ4v) is 5.09.